The van der Waals surface area contributed by atoms with Gasteiger partial charge in [0.2, 0.25) is 0 Å². The number of aliphatic imine (C=N–C) groups is 1. The number of likely N-dealkylation sites (tertiary alicyclic amines) is 1. The topological polar surface area (TPSA) is 55.5 Å². The number of halogens is 1. The summed E-state index contributed by atoms with van der Waals surface area (Å²) < 4.78 is 0. The van der Waals surface area contributed by atoms with E-state index in [1.54, 1.807) is 0 Å². The summed E-state index contributed by atoms with van der Waals surface area (Å²) in [6, 6.07) is 7.59. The molecule has 0 unspecified atom stereocenters. The van der Waals surface area contributed by atoms with Gasteiger partial charge in [-0.1, -0.05) is 12.1 Å². The molecule has 0 bridgehead atoms. The van der Waals surface area contributed by atoms with Crippen molar-refractivity contribution in [3.63, 3.8) is 0 Å². The summed E-state index contributed by atoms with van der Waals surface area (Å²) in [6.45, 7) is 12.9. The van der Waals surface area contributed by atoms with Crippen molar-refractivity contribution < 1.29 is 0 Å². The second kappa shape index (κ2) is 11.0. The van der Waals surface area contributed by atoms with Gasteiger partial charge in [0.25, 0.3) is 0 Å². The maximum absolute atomic E-state index is 4.84. The van der Waals surface area contributed by atoms with Gasteiger partial charge in [0.05, 0.1) is 0 Å². The van der Waals surface area contributed by atoms with Crippen LogP contribution in [0, 0.1) is 6.92 Å². The number of fused-ring (bicyclic) bond motifs is 1. The van der Waals surface area contributed by atoms with Crippen LogP contribution in [0.3, 0.4) is 0 Å². The van der Waals surface area contributed by atoms with Crippen molar-refractivity contribution in [3.8, 4) is 0 Å². The number of aromatic nitrogens is 1. The van der Waals surface area contributed by atoms with E-state index in [1.807, 2.05) is 0 Å². The van der Waals surface area contributed by atoms with E-state index in [2.05, 4.69) is 72.6 Å². The van der Waals surface area contributed by atoms with E-state index in [-0.39, 0.29) is 24.0 Å². The van der Waals surface area contributed by atoms with E-state index >= 15 is 0 Å². The molecule has 1 aliphatic rings. The summed E-state index contributed by atoms with van der Waals surface area (Å²) >= 11 is 0. The van der Waals surface area contributed by atoms with Gasteiger partial charge in [0.15, 0.2) is 5.96 Å². The van der Waals surface area contributed by atoms with Crippen molar-refractivity contribution in [1.29, 1.82) is 0 Å². The lowest BCUT2D eigenvalue weighted by Crippen LogP contribution is -2.49. The zero-order valence-corrected chi connectivity index (χ0v) is 20.0. The molecule has 6 heteroatoms. The first-order chi connectivity index (χ1) is 13.1. The average molecular weight is 497 g/mol. The van der Waals surface area contributed by atoms with Gasteiger partial charge in [-0.2, -0.15) is 0 Å². The molecule has 5 nitrogen and oxygen atoms in total. The average Bonchev–Trinajstić information content (AvgIpc) is 3.07. The standard InChI is InChI=1S/C22H35N5.HI/c1-5-23-22(26-19-10-13-27(14-11-19)16(2)3)24-12-9-18-15-25-20-8-6-7-17(4)21(18)20;/h6-8,15-16,19,25H,5,9-14H2,1-4H3,(H2,23,24,26);1H. The molecule has 0 amide bonds. The Hall–Kier alpha value is -1.28. The van der Waals surface area contributed by atoms with Crippen LogP contribution in [-0.2, 0) is 6.42 Å². The molecule has 2 aromatic rings. The molecule has 0 spiro atoms. The molecule has 28 heavy (non-hydrogen) atoms. The normalized spacial score (nSPS) is 16.4. The minimum atomic E-state index is 0. The summed E-state index contributed by atoms with van der Waals surface area (Å²) in [5.74, 6) is 0.956. The highest BCUT2D eigenvalue weighted by Gasteiger charge is 2.21. The maximum Gasteiger partial charge on any atom is 0.191 e. The van der Waals surface area contributed by atoms with Crippen LogP contribution in [0.25, 0.3) is 10.9 Å². The van der Waals surface area contributed by atoms with E-state index in [0.29, 0.717) is 12.1 Å². The summed E-state index contributed by atoms with van der Waals surface area (Å²) in [7, 11) is 0. The lowest BCUT2D eigenvalue weighted by Gasteiger charge is -2.35. The van der Waals surface area contributed by atoms with E-state index in [0.717, 1.165) is 25.5 Å². The number of aromatic amines is 1. The molecule has 3 N–H and O–H groups in total. The van der Waals surface area contributed by atoms with Gasteiger partial charge < -0.3 is 20.5 Å². The smallest absolute Gasteiger partial charge is 0.191 e. The van der Waals surface area contributed by atoms with Crippen LogP contribution in [0.15, 0.2) is 29.4 Å². The third kappa shape index (κ3) is 5.86. The summed E-state index contributed by atoms with van der Waals surface area (Å²) in [4.78, 5) is 10.8. The van der Waals surface area contributed by atoms with Crippen LogP contribution in [0.1, 0.15) is 44.7 Å². The van der Waals surface area contributed by atoms with E-state index in [1.165, 1.54) is 48.0 Å². The van der Waals surface area contributed by atoms with Crippen molar-refractivity contribution in [2.24, 2.45) is 4.99 Å². The largest absolute Gasteiger partial charge is 0.361 e. The fraction of sp³-hybridized carbons (Fsp3) is 0.591. The van der Waals surface area contributed by atoms with E-state index < -0.39 is 0 Å². The molecule has 0 radical (unpaired) electrons. The number of guanidine groups is 1. The predicted molar refractivity (Wildman–Crippen MR) is 131 cm³/mol. The van der Waals surface area contributed by atoms with Crippen LogP contribution >= 0.6 is 24.0 Å². The number of piperidine rings is 1. The molecule has 0 aliphatic carbocycles. The van der Waals surface area contributed by atoms with Crippen molar-refractivity contribution in [2.75, 3.05) is 26.2 Å². The number of H-pyrrole nitrogens is 1. The number of rotatable bonds is 6. The van der Waals surface area contributed by atoms with Crippen LogP contribution < -0.4 is 10.6 Å². The van der Waals surface area contributed by atoms with E-state index in [4.69, 9.17) is 4.99 Å². The van der Waals surface area contributed by atoms with E-state index in [9.17, 15) is 0 Å². The Morgan fingerprint density at radius 1 is 1.29 bits per heavy atom. The highest BCUT2D eigenvalue weighted by molar-refractivity contribution is 14.0. The van der Waals surface area contributed by atoms with Gasteiger partial charge in [-0.15, -0.1) is 24.0 Å². The zero-order chi connectivity index (χ0) is 19.2. The van der Waals surface area contributed by atoms with Crippen molar-refractivity contribution in [2.45, 2.75) is 59.0 Å². The molecule has 2 heterocycles. The minimum absolute atomic E-state index is 0. The quantitative estimate of drug-likeness (QED) is 0.321. The Morgan fingerprint density at radius 3 is 2.71 bits per heavy atom. The fourth-order valence-corrected chi connectivity index (χ4v) is 4.01. The number of benzene rings is 1. The molecular weight excluding hydrogens is 461 g/mol. The Bertz CT molecular complexity index is 759. The molecule has 156 valence electrons. The number of aryl methyl sites for hydroxylation is 1. The number of nitrogens with zero attached hydrogens (tertiary/aromatic N) is 2. The monoisotopic (exact) mass is 497 g/mol. The minimum Gasteiger partial charge on any atom is -0.361 e. The number of hydrogen-bond donors (Lipinski definition) is 3. The second-order valence-corrected chi connectivity index (χ2v) is 7.87. The molecule has 0 saturated carbocycles. The van der Waals surface area contributed by atoms with Crippen LogP contribution in [-0.4, -0.2) is 54.1 Å². The lowest BCUT2D eigenvalue weighted by atomic mass is 10.0. The van der Waals surface area contributed by atoms with Gasteiger partial charge in [-0.3, -0.25) is 4.99 Å². The lowest BCUT2D eigenvalue weighted by molar-refractivity contribution is 0.167. The summed E-state index contributed by atoms with van der Waals surface area (Å²) in [6.07, 6.45) is 5.46. The Morgan fingerprint density at radius 2 is 2.04 bits per heavy atom. The Balaban J connectivity index is 0.00000280. The first kappa shape index (κ1) is 23.0. The molecule has 1 aromatic heterocycles. The fourth-order valence-electron chi connectivity index (χ4n) is 4.01. The van der Waals surface area contributed by atoms with Gasteiger partial charge in [-0.25, -0.2) is 0 Å². The number of hydrogen-bond acceptors (Lipinski definition) is 2. The molecule has 1 aliphatic heterocycles. The van der Waals surface area contributed by atoms with Crippen LogP contribution in [0.2, 0.25) is 0 Å². The Labute approximate surface area is 186 Å². The van der Waals surface area contributed by atoms with Gasteiger partial charge in [0.1, 0.15) is 0 Å². The zero-order valence-electron chi connectivity index (χ0n) is 17.7. The van der Waals surface area contributed by atoms with Crippen molar-refractivity contribution in [3.05, 3.63) is 35.5 Å². The summed E-state index contributed by atoms with van der Waals surface area (Å²) in [5.41, 5.74) is 3.90. The highest BCUT2D eigenvalue weighted by atomic mass is 127. The molecule has 0 atom stereocenters. The van der Waals surface area contributed by atoms with Gasteiger partial charge >= 0.3 is 0 Å². The van der Waals surface area contributed by atoms with Crippen molar-refractivity contribution >= 4 is 40.8 Å². The first-order valence-electron chi connectivity index (χ1n) is 10.4. The molecule has 3 rings (SSSR count). The second-order valence-electron chi connectivity index (χ2n) is 7.87. The molecular formula is C22H36IN5. The van der Waals surface area contributed by atoms with Crippen LogP contribution in [0.4, 0.5) is 0 Å². The van der Waals surface area contributed by atoms with Gasteiger partial charge in [0, 0.05) is 55.4 Å². The first-order valence-corrected chi connectivity index (χ1v) is 10.4. The SMILES string of the molecule is CCNC(=NCCc1c[nH]c2cccc(C)c12)NC1CCN(C(C)C)CC1.I. The third-order valence-electron chi connectivity index (χ3n) is 5.59. The molecule has 1 saturated heterocycles. The third-order valence-corrected chi connectivity index (χ3v) is 5.59. The van der Waals surface area contributed by atoms with Crippen molar-refractivity contribution in [1.82, 2.24) is 20.5 Å². The maximum atomic E-state index is 4.84. The van der Waals surface area contributed by atoms with Gasteiger partial charge in [-0.05, 0) is 64.2 Å². The van der Waals surface area contributed by atoms with Crippen LogP contribution in [0.5, 0.6) is 0 Å². The predicted octanol–water partition coefficient (Wildman–Crippen LogP) is 4.06. The Kier molecular flexibility index (Phi) is 9.08. The molecule has 1 aromatic carbocycles. The molecule has 1 fully saturated rings. The summed E-state index contributed by atoms with van der Waals surface area (Å²) in [5, 5.41) is 8.41. The number of nitrogens with one attached hydrogen (secondary N) is 3. The highest BCUT2D eigenvalue weighted by Crippen LogP contribution is 2.22.